The molecule has 0 aliphatic carbocycles. The first-order chi connectivity index (χ1) is 6.42. The minimum absolute atomic E-state index is 0.876. The lowest BCUT2D eigenvalue weighted by Crippen LogP contribution is -2.28. The van der Waals surface area contributed by atoms with E-state index in [1.165, 1.54) is 0 Å². The van der Waals surface area contributed by atoms with Crippen molar-refractivity contribution < 1.29 is 0 Å². The normalized spacial score (nSPS) is 10.2. The summed E-state index contributed by atoms with van der Waals surface area (Å²) in [6, 6.07) is 7.97. The summed E-state index contributed by atoms with van der Waals surface area (Å²) < 4.78 is 0. The van der Waals surface area contributed by atoms with Gasteiger partial charge in [-0.1, -0.05) is 24.3 Å². The van der Waals surface area contributed by atoms with Crippen molar-refractivity contribution in [2.75, 3.05) is 5.43 Å². The van der Waals surface area contributed by atoms with Gasteiger partial charge in [-0.3, -0.25) is 10.8 Å². The Labute approximate surface area is 75.7 Å². The highest BCUT2D eigenvalue weighted by Crippen LogP contribution is 2.20. The van der Waals surface area contributed by atoms with Gasteiger partial charge in [0.15, 0.2) is 0 Å². The van der Waals surface area contributed by atoms with Crippen LogP contribution in [0.1, 0.15) is 0 Å². The zero-order chi connectivity index (χ0) is 9.10. The quantitative estimate of drug-likeness (QED) is 0.470. The maximum absolute atomic E-state index is 5.16. The molecule has 0 spiro atoms. The topological polar surface area (TPSA) is 63.0 Å². The van der Waals surface area contributed by atoms with Gasteiger partial charge in [-0.05, 0) is 0 Å². The van der Waals surface area contributed by atoms with E-state index in [-0.39, 0.29) is 0 Å². The lowest BCUT2D eigenvalue weighted by molar-refractivity contribution is 0.876. The van der Waals surface area contributed by atoms with E-state index in [4.69, 9.17) is 5.84 Å². The molecule has 0 bridgehead atoms. The monoisotopic (exact) mass is 174 g/mol. The Hall–Kier alpha value is -1.65. The highest BCUT2D eigenvalue weighted by Gasteiger charge is 1.97. The number of hydrogen-bond donors (Lipinski definition) is 3. The fraction of sp³-hybridized carbons (Fsp3) is 0. The number of rotatable bonds is 2. The molecule has 1 aromatic heterocycles. The first-order valence-electron chi connectivity index (χ1n) is 3.96. The Morgan fingerprint density at radius 3 is 2.85 bits per heavy atom. The molecular weight excluding hydrogens is 164 g/mol. The van der Waals surface area contributed by atoms with Crippen molar-refractivity contribution in [1.29, 1.82) is 0 Å². The number of nitrogens with one attached hydrogen (secondary N) is 2. The zero-order valence-electron chi connectivity index (χ0n) is 6.99. The average molecular weight is 174 g/mol. The summed E-state index contributed by atoms with van der Waals surface area (Å²) in [4.78, 5) is 4.07. The summed E-state index contributed by atoms with van der Waals surface area (Å²) in [5, 5.41) is 2.18. The van der Waals surface area contributed by atoms with E-state index in [9.17, 15) is 0 Å². The van der Waals surface area contributed by atoms with Gasteiger partial charge in [-0.15, -0.1) is 0 Å². The van der Waals surface area contributed by atoms with Crippen LogP contribution in [0.3, 0.4) is 0 Å². The summed E-state index contributed by atoms with van der Waals surface area (Å²) in [7, 11) is 0. The molecule has 1 heterocycles. The summed E-state index contributed by atoms with van der Waals surface area (Å²) in [5.74, 6) is 5.16. The predicted octanol–water partition coefficient (Wildman–Crippen LogP) is 1.02. The molecule has 0 saturated heterocycles. The predicted molar refractivity (Wildman–Crippen MR) is 52.7 cm³/mol. The highest BCUT2D eigenvalue weighted by molar-refractivity contribution is 5.92. The maximum atomic E-state index is 5.16. The number of nitrogens with two attached hydrogens (primary N) is 1. The highest BCUT2D eigenvalue weighted by atomic mass is 15.5. The molecule has 0 fully saturated rings. The van der Waals surface area contributed by atoms with Crippen molar-refractivity contribution in [3.8, 4) is 0 Å². The third-order valence-electron chi connectivity index (χ3n) is 1.88. The van der Waals surface area contributed by atoms with Crippen LogP contribution in [0.5, 0.6) is 0 Å². The fourth-order valence-electron chi connectivity index (χ4n) is 1.29. The summed E-state index contributed by atoms with van der Waals surface area (Å²) in [5.41, 5.74) is 6.08. The van der Waals surface area contributed by atoms with Crippen LogP contribution in [0.15, 0.2) is 36.7 Å². The van der Waals surface area contributed by atoms with Crippen LogP contribution in [0.25, 0.3) is 10.8 Å². The SMILES string of the molecule is NNNc1cncc2ccccc12. The van der Waals surface area contributed by atoms with E-state index in [0.29, 0.717) is 0 Å². The molecule has 4 nitrogen and oxygen atoms in total. The second kappa shape index (κ2) is 3.38. The molecular formula is C9H10N4. The molecule has 0 saturated carbocycles. The van der Waals surface area contributed by atoms with Crippen LogP contribution in [0, 0.1) is 0 Å². The second-order valence-electron chi connectivity index (χ2n) is 2.68. The van der Waals surface area contributed by atoms with Crippen LogP contribution in [-0.4, -0.2) is 4.98 Å². The van der Waals surface area contributed by atoms with E-state index in [1.54, 1.807) is 6.20 Å². The molecule has 13 heavy (non-hydrogen) atoms. The smallest absolute Gasteiger partial charge is 0.0762 e. The van der Waals surface area contributed by atoms with Crippen molar-refractivity contribution in [2.45, 2.75) is 0 Å². The van der Waals surface area contributed by atoms with Gasteiger partial charge in [0.25, 0.3) is 0 Å². The van der Waals surface area contributed by atoms with E-state index in [0.717, 1.165) is 16.5 Å². The summed E-state index contributed by atoms with van der Waals surface area (Å²) in [6.07, 6.45) is 3.54. The zero-order valence-corrected chi connectivity index (χ0v) is 6.99. The Morgan fingerprint density at radius 1 is 1.15 bits per heavy atom. The lowest BCUT2D eigenvalue weighted by atomic mass is 10.1. The van der Waals surface area contributed by atoms with Gasteiger partial charge in [-0.25, -0.2) is 0 Å². The maximum Gasteiger partial charge on any atom is 0.0762 e. The molecule has 0 unspecified atom stereocenters. The van der Waals surface area contributed by atoms with Crippen molar-refractivity contribution >= 4 is 16.5 Å². The minimum Gasteiger partial charge on any atom is -0.306 e. The fourth-order valence-corrected chi connectivity index (χ4v) is 1.29. The Bertz CT molecular complexity index is 408. The van der Waals surface area contributed by atoms with Gasteiger partial charge in [0.05, 0.1) is 11.9 Å². The first-order valence-corrected chi connectivity index (χ1v) is 3.96. The van der Waals surface area contributed by atoms with Crippen molar-refractivity contribution in [3.63, 3.8) is 0 Å². The number of fused-ring (bicyclic) bond motifs is 1. The Morgan fingerprint density at radius 2 is 2.00 bits per heavy atom. The number of hydrazine groups is 2. The largest absolute Gasteiger partial charge is 0.306 e. The third-order valence-corrected chi connectivity index (χ3v) is 1.88. The van der Waals surface area contributed by atoms with E-state index in [1.807, 2.05) is 30.5 Å². The molecule has 0 aliphatic rings. The second-order valence-corrected chi connectivity index (χ2v) is 2.68. The lowest BCUT2D eigenvalue weighted by Gasteiger charge is -2.06. The van der Waals surface area contributed by atoms with Crippen molar-refractivity contribution in [1.82, 2.24) is 10.5 Å². The molecule has 2 aromatic rings. The van der Waals surface area contributed by atoms with Crippen LogP contribution in [0.2, 0.25) is 0 Å². The van der Waals surface area contributed by atoms with Crippen molar-refractivity contribution in [2.24, 2.45) is 5.84 Å². The summed E-state index contributed by atoms with van der Waals surface area (Å²) >= 11 is 0. The van der Waals surface area contributed by atoms with Crippen LogP contribution < -0.4 is 16.8 Å². The molecule has 0 aliphatic heterocycles. The number of hydrogen-bond acceptors (Lipinski definition) is 4. The molecule has 1 aromatic carbocycles. The number of aromatic nitrogens is 1. The first kappa shape index (κ1) is 7.97. The third kappa shape index (κ3) is 1.44. The Balaban J connectivity index is 2.61. The molecule has 2 rings (SSSR count). The molecule has 0 radical (unpaired) electrons. The number of benzene rings is 1. The van der Waals surface area contributed by atoms with Gasteiger partial charge in [0.1, 0.15) is 0 Å². The van der Waals surface area contributed by atoms with Crippen molar-refractivity contribution in [3.05, 3.63) is 36.7 Å². The standard InChI is InChI=1S/C9H10N4/c10-13-12-9-6-11-5-7-3-1-2-4-8(7)9/h1-6,12-13H,10H2. The van der Waals surface area contributed by atoms with Gasteiger partial charge in [0.2, 0.25) is 0 Å². The van der Waals surface area contributed by atoms with Gasteiger partial charge >= 0.3 is 0 Å². The van der Waals surface area contributed by atoms with Gasteiger partial charge < -0.3 is 5.43 Å². The number of nitrogens with zero attached hydrogens (tertiary/aromatic N) is 1. The molecule has 4 heteroatoms. The van der Waals surface area contributed by atoms with Gasteiger partial charge in [0, 0.05) is 17.0 Å². The molecule has 4 N–H and O–H groups in total. The van der Waals surface area contributed by atoms with Crippen LogP contribution in [-0.2, 0) is 0 Å². The molecule has 0 amide bonds. The van der Waals surface area contributed by atoms with Crippen LogP contribution >= 0.6 is 0 Å². The number of anilines is 1. The molecule has 66 valence electrons. The van der Waals surface area contributed by atoms with E-state index >= 15 is 0 Å². The average Bonchev–Trinajstić information content (AvgIpc) is 2.19. The van der Waals surface area contributed by atoms with E-state index < -0.39 is 0 Å². The van der Waals surface area contributed by atoms with E-state index in [2.05, 4.69) is 15.9 Å². The Kier molecular flexibility index (Phi) is 2.08. The van der Waals surface area contributed by atoms with Gasteiger partial charge in [-0.2, -0.15) is 5.53 Å². The minimum atomic E-state index is 0.876. The van der Waals surface area contributed by atoms with Crippen LogP contribution in [0.4, 0.5) is 5.69 Å². The summed E-state index contributed by atoms with van der Waals surface area (Å²) in [6.45, 7) is 0. The number of pyridine rings is 1. The molecule has 0 atom stereocenters.